The van der Waals surface area contributed by atoms with Gasteiger partial charge in [-0.25, -0.2) is 4.98 Å². The van der Waals surface area contributed by atoms with E-state index in [9.17, 15) is 14.4 Å². The highest BCUT2D eigenvalue weighted by Gasteiger charge is 2.18. The third-order valence-electron chi connectivity index (χ3n) is 5.39. The van der Waals surface area contributed by atoms with Gasteiger partial charge in [-0.05, 0) is 37.3 Å². The molecule has 3 aromatic carbocycles. The van der Waals surface area contributed by atoms with Gasteiger partial charge in [-0.3, -0.25) is 19.0 Å². The van der Waals surface area contributed by atoms with Crippen LogP contribution < -0.4 is 20.9 Å². The molecule has 2 N–H and O–H groups in total. The molecule has 0 aliphatic rings. The zero-order valence-electron chi connectivity index (χ0n) is 19.6. The van der Waals surface area contributed by atoms with E-state index in [1.165, 1.54) is 4.57 Å². The van der Waals surface area contributed by atoms with Crippen LogP contribution in [0.5, 0.6) is 5.75 Å². The first-order valence-electron chi connectivity index (χ1n) is 11.4. The summed E-state index contributed by atoms with van der Waals surface area (Å²) in [5.74, 6) is -0.00315. The van der Waals surface area contributed by atoms with Crippen molar-refractivity contribution < 1.29 is 14.3 Å². The summed E-state index contributed by atoms with van der Waals surface area (Å²) in [5, 5.41) is 5.66. The molecule has 0 bridgehead atoms. The lowest BCUT2D eigenvalue weighted by molar-refractivity contribution is -0.117. The molecular formula is C27H26N4O4. The first-order chi connectivity index (χ1) is 17.0. The standard InChI is InChI=1S/C27H26N4O4/c1-3-24(32)28-19-12-6-5-11-18(19)26-27(34)31(22-15-9-7-13-20(22)30-26)17-25(33)29-21-14-8-10-16-23(21)35-4-2/h5-16H,3-4,17H2,1-2H3,(H,28,32)(H,29,33). The van der Waals surface area contributed by atoms with Gasteiger partial charge in [0, 0.05) is 12.0 Å². The summed E-state index contributed by atoms with van der Waals surface area (Å²) < 4.78 is 6.98. The predicted molar refractivity (Wildman–Crippen MR) is 137 cm³/mol. The highest BCUT2D eigenvalue weighted by atomic mass is 16.5. The van der Waals surface area contributed by atoms with E-state index in [1.54, 1.807) is 67.6 Å². The molecule has 0 atom stereocenters. The van der Waals surface area contributed by atoms with E-state index in [1.807, 2.05) is 19.1 Å². The third-order valence-corrected chi connectivity index (χ3v) is 5.39. The first-order valence-corrected chi connectivity index (χ1v) is 11.4. The van der Waals surface area contributed by atoms with Crippen LogP contribution in [0.4, 0.5) is 11.4 Å². The molecular weight excluding hydrogens is 444 g/mol. The van der Waals surface area contributed by atoms with E-state index in [-0.39, 0.29) is 24.1 Å². The fraction of sp³-hybridized carbons (Fsp3) is 0.185. The average molecular weight is 471 g/mol. The zero-order valence-corrected chi connectivity index (χ0v) is 19.6. The number of aromatic nitrogens is 2. The Hall–Kier alpha value is -4.46. The van der Waals surface area contributed by atoms with E-state index in [0.29, 0.717) is 46.7 Å². The van der Waals surface area contributed by atoms with E-state index < -0.39 is 5.56 Å². The van der Waals surface area contributed by atoms with E-state index in [0.717, 1.165) is 0 Å². The van der Waals surface area contributed by atoms with Crippen LogP contribution in [0.1, 0.15) is 20.3 Å². The molecule has 0 fully saturated rings. The molecule has 178 valence electrons. The minimum absolute atomic E-state index is 0.151. The number of fused-ring (bicyclic) bond motifs is 1. The number of para-hydroxylation sites is 5. The summed E-state index contributed by atoms with van der Waals surface area (Å²) >= 11 is 0. The summed E-state index contributed by atoms with van der Waals surface area (Å²) in [6, 6.07) is 21.3. The molecule has 0 aliphatic carbocycles. The van der Waals surface area contributed by atoms with E-state index in [4.69, 9.17) is 4.74 Å². The van der Waals surface area contributed by atoms with Crippen molar-refractivity contribution in [3.63, 3.8) is 0 Å². The van der Waals surface area contributed by atoms with Crippen LogP contribution >= 0.6 is 0 Å². The fourth-order valence-corrected chi connectivity index (χ4v) is 3.75. The summed E-state index contributed by atoms with van der Waals surface area (Å²) in [6.45, 7) is 3.85. The molecule has 0 unspecified atom stereocenters. The summed E-state index contributed by atoms with van der Waals surface area (Å²) in [4.78, 5) is 43.3. The molecule has 4 aromatic rings. The molecule has 1 aromatic heterocycles. The monoisotopic (exact) mass is 470 g/mol. The van der Waals surface area contributed by atoms with Crippen molar-refractivity contribution in [1.29, 1.82) is 0 Å². The molecule has 0 saturated carbocycles. The van der Waals surface area contributed by atoms with Crippen molar-refractivity contribution in [1.82, 2.24) is 9.55 Å². The Kier molecular flexibility index (Phi) is 7.21. The van der Waals surface area contributed by atoms with Gasteiger partial charge in [0.2, 0.25) is 11.8 Å². The van der Waals surface area contributed by atoms with Crippen LogP contribution in [0.15, 0.2) is 77.6 Å². The molecule has 1 heterocycles. The van der Waals surface area contributed by atoms with Gasteiger partial charge in [0.05, 0.1) is 29.0 Å². The van der Waals surface area contributed by atoms with Crippen molar-refractivity contribution >= 4 is 34.2 Å². The minimum Gasteiger partial charge on any atom is -0.492 e. The average Bonchev–Trinajstić information content (AvgIpc) is 2.87. The van der Waals surface area contributed by atoms with Crippen LogP contribution in [0, 0.1) is 0 Å². The quantitative estimate of drug-likeness (QED) is 0.396. The Morgan fingerprint density at radius 1 is 0.857 bits per heavy atom. The lowest BCUT2D eigenvalue weighted by Gasteiger charge is -2.15. The summed E-state index contributed by atoms with van der Waals surface area (Å²) in [6.07, 6.45) is 0.299. The number of nitrogens with zero attached hydrogens (tertiary/aromatic N) is 2. The second kappa shape index (κ2) is 10.6. The van der Waals surface area contributed by atoms with Crippen LogP contribution in [-0.4, -0.2) is 28.0 Å². The van der Waals surface area contributed by atoms with Gasteiger partial charge in [-0.2, -0.15) is 0 Å². The molecule has 0 saturated heterocycles. The van der Waals surface area contributed by atoms with Gasteiger partial charge in [-0.1, -0.05) is 49.4 Å². The molecule has 2 amide bonds. The number of ether oxygens (including phenoxy) is 1. The fourth-order valence-electron chi connectivity index (χ4n) is 3.75. The number of carbonyl (C=O) groups excluding carboxylic acids is 2. The lowest BCUT2D eigenvalue weighted by atomic mass is 10.1. The molecule has 8 heteroatoms. The Balaban J connectivity index is 1.76. The van der Waals surface area contributed by atoms with Gasteiger partial charge in [0.25, 0.3) is 5.56 Å². The lowest BCUT2D eigenvalue weighted by Crippen LogP contribution is -2.30. The third kappa shape index (κ3) is 5.22. The molecule has 8 nitrogen and oxygen atoms in total. The van der Waals surface area contributed by atoms with Gasteiger partial charge in [0.1, 0.15) is 18.0 Å². The maximum atomic E-state index is 13.6. The Bertz CT molecular complexity index is 1440. The molecule has 0 aliphatic heterocycles. The van der Waals surface area contributed by atoms with Gasteiger partial charge in [0.15, 0.2) is 0 Å². The van der Waals surface area contributed by atoms with Crippen molar-refractivity contribution in [3.8, 4) is 17.0 Å². The van der Waals surface area contributed by atoms with E-state index >= 15 is 0 Å². The molecule has 4 rings (SSSR count). The Morgan fingerprint density at radius 3 is 2.29 bits per heavy atom. The number of hydrogen-bond acceptors (Lipinski definition) is 5. The van der Waals surface area contributed by atoms with Crippen LogP contribution in [-0.2, 0) is 16.1 Å². The van der Waals surface area contributed by atoms with Gasteiger partial charge < -0.3 is 15.4 Å². The Labute approximate surface area is 202 Å². The predicted octanol–water partition coefficient (Wildman–Crippen LogP) is 4.45. The van der Waals surface area contributed by atoms with Crippen molar-refractivity contribution in [2.75, 3.05) is 17.2 Å². The van der Waals surface area contributed by atoms with Crippen LogP contribution in [0.3, 0.4) is 0 Å². The summed E-state index contributed by atoms with van der Waals surface area (Å²) in [7, 11) is 0. The molecule has 0 spiro atoms. The maximum absolute atomic E-state index is 13.6. The van der Waals surface area contributed by atoms with Crippen molar-refractivity contribution in [2.45, 2.75) is 26.8 Å². The maximum Gasteiger partial charge on any atom is 0.278 e. The smallest absolute Gasteiger partial charge is 0.278 e. The summed E-state index contributed by atoms with van der Waals surface area (Å²) in [5.41, 5.74) is 2.31. The van der Waals surface area contributed by atoms with Gasteiger partial charge >= 0.3 is 0 Å². The number of hydrogen-bond donors (Lipinski definition) is 2. The highest BCUT2D eigenvalue weighted by molar-refractivity contribution is 5.96. The van der Waals surface area contributed by atoms with Crippen LogP contribution in [0.25, 0.3) is 22.3 Å². The van der Waals surface area contributed by atoms with E-state index in [2.05, 4.69) is 15.6 Å². The number of benzene rings is 3. The molecule has 0 radical (unpaired) electrons. The second-order valence-corrected chi connectivity index (χ2v) is 7.77. The molecule has 35 heavy (non-hydrogen) atoms. The first kappa shape index (κ1) is 23.7. The van der Waals surface area contributed by atoms with Crippen LogP contribution in [0.2, 0.25) is 0 Å². The number of carbonyl (C=O) groups is 2. The largest absolute Gasteiger partial charge is 0.492 e. The normalized spacial score (nSPS) is 10.7. The van der Waals surface area contributed by atoms with Crippen molar-refractivity contribution in [3.05, 3.63) is 83.2 Å². The number of rotatable bonds is 8. The highest BCUT2D eigenvalue weighted by Crippen LogP contribution is 2.26. The SMILES string of the molecule is CCOc1ccccc1NC(=O)Cn1c(=O)c(-c2ccccc2NC(=O)CC)nc2ccccc21. The minimum atomic E-state index is -0.435. The zero-order chi connectivity index (χ0) is 24.8. The number of anilines is 2. The second-order valence-electron chi connectivity index (χ2n) is 7.77. The number of amides is 2. The van der Waals surface area contributed by atoms with Gasteiger partial charge in [-0.15, -0.1) is 0 Å². The Morgan fingerprint density at radius 2 is 1.51 bits per heavy atom. The topological polar surface area (TPSA) is 102 Å². The number of nitrogens with one attached hydrogen (secondary N) is 2. The van der Waals surface area contributed by atoms with Crippen molar-refractivity contribution in [2.24, 2.45) is 0 Å².